The van der Waals surface area contributed by atoms with Crippen molar-refractivity contribution in [2.75, 3.05) is 7.11 Å². The van der Waals surface area contributed by atoms with E-state index in [-0.39, 0.29) is 16.2 Å². The topological polar surface area (TPSA) is 9.23 Å². The molecule has 0 saturated carbocycles. The second kappa shape index (κ2) is 6.10. The maximum absolute atomic E-state index is 5.83. The van der Waals surface area contributed by atoms with Gasteiger partial charge in [-0.2, -0.15) is 0 Å². The molecule has 0 radical (unpaired) electrons. The van der Waals surface area contributed by atoms with E-state index in [9.17, 15) is 0 Å². The molecule has 1 aromatic carbocycles. The van der Waals surface area contributed by atoms with Crippen LogP contribution in [0.5, 0.6) is 5.75 Å². The molecule has 0 atom stereocenters. The predicted molar refractivity (Wildman–Crippen MR) is 98.9 cm³/mol. The monoisotopic (exact) mass is 302 g/mol. The van der Waals surface area contributed by atoms with Gasteiger partial charge < -0.3 is 4.74 Å². The molecule has 0 amide bonds. The van der Waals surface area contributed by atoms with Crippen molar-refractivity contribution in [3.63, 3.8) is 0 Å². The number of ether oxygens (including phenoxy) is 1. The summed E-state index contributed by atoms with van der Waals surface area (Å²) >= 11 is 0. The lowest BCUT2D eigenvalue weighted by Gasteiger charge is -2.41. The zero-order chi connectivity index (χ0) is 17.3. The van der Waals surface area contributed by atoms with Gasteiger partial charge in [0.15, 0.2) is 0 Å². The van der Waals surface area contributed by atoms with Crippen molar-refractivity contribution in [2.24, 2.45) is 5.41 Å². The molecule has 1 heteroatoms. The van der Waals surface area contributed by atoms with Crippen LogP contribution in [0.3, 0.4) is 0 Å². The Morgan fingerprint density at radius 2 is 1.45 bits per heavy atom. The van der Waals surface area contributed by atoms with E-state index in [1.807, 2.05) is 0 Å². The fourth-order valence-corrected chi connectivity index (χ4v) is 2.48. The molecule has 0 fully saturated rings. The maximum atomic E-state index is 5.83. The molecule has 0 bridgehead atoms. The van der Waals surface area contributed by atoms with Crippen molar-refractivity contribution < 1.29 is 4.74 Å². The highest BCUT2D eigenvalue weighted by Gasteiger charge is 2.38. The van der Waals surface area contributed by atoms with Crippen LogP contribution >= 0.6 is 0 Å². The molecular weight excluding hydrogens is 268 g/mol. The average molecular weight is 303 g/mol. The van der Waals surface area contributed by atoms with E-state index in [0.29, 0.717) is 0 Å². The first kappa shape index (κ1) is 18.8. The second-order valence-electron chi connectivity index (χ2n) is 8.77. The summed E-state index contributed by atoms with van der Waals surface area (Å²) in [4.78, 5) is 0. The first-order chi connectivity index (χ1) is 9.86. The molecular formula is C21H34O. The third-order valence-corrected chi connectivity index (χ3v) is 5.08. The highest BCUT2D eigenvalue weighted by atomic mass is 16.5. The van der Waals surface area contributed by atoms with Crippen LogP contribution in [0.4, 0.5) is 0 Å². The lowest BCUT2D eigenvalue weighted by atomic mass is 9.64. The van der Waals surface area contributed by atoms with Crippen molar-refractivity contribution in [3.8, 4) is 5.75 Å². The van der Waals surface area contributed by atoms with Crippen LogP contribution in [0.25, 0.3) is 6.08 Å². The minimum absolute atomic E-state index is 0.00986. The zero-order valence-electron chi connectivity index (χ0n) is 16.2. The summed E-state index contributed by atoms with van der Waals surface area (Å²) in [5, 5.41) is 0. The first-order valence-corrected chi connectivity index (χ1v) is 8.22. The smallest absolute Gasteiger partial charge is 0.129 e. The van der Waals surface area contributed by atoms with Crippen LogP contribution in [0.2, 0.25) is 0 Å². The fraction of sp³-hybridized carbons (Fsp3) is 0.619. The molecule has 1 rings (SSSR count). The Hall–Kier alpha value is -1.24. The molecule has 0 aliphatic rings. The van der Waals surface area contributed by atoms with Gasteiger partial charge in [-0.25, -0.2) is 0 Å². The largest absolute Gasteiger partial charge is 0.496 e. The van der Waals surface area contributed by atoms with Crippen LogP contribution < -0.4 is 4.74 Å². The summed E-state index contributed by atoms with van der Waals surface area (Å²) in [6, 6.07) is 4.61. The Morgan fingerprint density at radius 1 is 0.909 bits per heavy atom. The number of hydrogen-bond acceptors (Lipinski definition) is 1. The van der Waals surface area contributed by atoms with Crippen molar-refractivity contribution in [1.29, 1.82) is 0 Å². The van der Waals surface area contributed by atoms with E-state index in [4.69, 9.17) is 4.74 Å². The lowest BCUT2D eigenvalue weighted by molar-refractivity contribution is 0.218. The molecule has 1 nitrogen and oxygen atoms in total. The minimum Gasteiger partial charge on any atom is -0.496 e. The summed E-state index contributed by atoms with van der Waals surface area (Å²) in [7, 11) is 1.78. The SMILES string of the molecule is CC=Cc1cc(C(C)(C)C)cc(C(C)(C)C(C)(C)C)c1OC. The van der Waals surface area contributed by atoms with E-state index in [0.717, 1.165) is 5.75 Å². The van der Waals surface area contributed by atoms with E-state index < -0.39 is 0 Å². The van der Waals surface area contributed by atoms with Gasteiger partial charge in [-0.1, -0.05) is 73.6 Å². The average Bonchev–Trinajstić information content (AvgIpc) is 2.35. The van der Waals surface area contributed by atoms with Crippen LogP contribution in [-0.2, 0) is 10.8 Å². The first-order valence-electron chi connectivity index (χ1n) is 8.22. The molecule has 22 heavy (non-hydrogen) atoms. The number of benzene rings is 1. The molecule has 0 aromatic heterocycles. The predicted octanol–water partition coefficient (Wildman–Crippen LogP) is 6.35. The van der Waals surface area contributed by atoms with E-state index >= 15 is 0 Å². The maximum Gasteiger partial charge on any atom is 0.129 e. The van der Waals surface area contributed by atoms with Gasteiger partial charge in [0.05, 0.1) is 7.11 Å². The highest BCUT2D eigenvalue weighted by Crippen LogP contribution is 2.47. The van der Waals surface area contributed by atoms with Gasteiger partial charge in [-0.3, -0.25) is 0 Å². The van der Waals surface area contributed by atoms with Crippen LogP contribution in [-0.4, -0.2) is 7.11 Å². The third-order valence-electron chi connectivity index (χ3n) is 5.08. The summed E-state index contributed by atoms with van der Waals surface area (Å²) in [5.41, 5.74) is 4.09. The van der Waals surface area contributed by atoms with Crippen LogP contribution in [0.1, 0.15) is 79.0 Å². The van der Waals surface area contributed by atoms with Crippen LogP contribution in [0.15, 0.2) is 18.2 Å². The van der Waals surface area contributed by atoms with Gasteiger partial charge in [0, 0.05) is 11.1 Å². The fourth-order valence-electron chi connectivity index (χ4n) is 2.48. The summed E-state index contributed by atoms with van der Waals surface area (Å²) in [6.07, 6.45) is 4.23. The van der Waals surface area contributed by atoms with Crippen molar-refractivity contribution in [2.45, 2.75) is 73.1 Å². The van der Waals surface area contributed by atoms with E-state index in [1.54, 1.807) is 7.11 Å². The number of methoxy groups -OCH3 is 1. The normalized spacial score (nSPS) is 13.7. The highest BCUT2D eigenvalue weighted by molar-refractivity contribution is 5.63. The Bertz CT molecular complexity index is 548. The van der Waals surface area contributed by atoms with Gasteiger partial charge in [-0.05, 0) is 34.8 Å². The molecule has 0 saturated heterocycles. The van der Waals surface area contributed by atoms with Gasteiger partial charge in [0.25, 0.3) is 0 Å². The van der Waals surface area contributed by atoms with Gasteiger partial charge in [-0.15, -0.1) is 0 Å². The molecule has 0 unspecified atom stereocenters. The van der Waals surface area contributed by atoms with Crippen molar-refractivity contribution >= 4 is 6.08 Å². The standard InChI is InChI=1S/C21H34O/c1-11-12-15-13-16(19(2,3)4)14-17(18(15)22-10)21(8,9)20(5,6)7/h11-14H,1-10H3. The number of hydrogen-bond donors (Lipinski definition) is 0. The second-order valence-corrected chi connectivity index (χ2v) is 8.77. The lowest BCUT2D eigenvalue weighted by Crippen LogP contribution is -2.35. The Kier molecular flexibility index (Phi) is 5.22. The van der Waals surface area contributed by atoms with Crippen molar-refractivity contribution in [3.05, 3.63) is 34.9 Å². The zero-order valence-corrected chi connectivity index (χ0v) is 16.2. The summed E-state index contributed by atoms with van der Waals surface area (Å²) in [5.74, 6) is 1.01. The Balaban J connectivity index is 3.78. The van der Waals surface area contributed by atoms with Gasteiger partial charge in [0.1, 0.15) is 5.75 Å². The van der Waals surface area contributed by atoms with Gasteiger partial charge >= 0.3 is 0 Å². The summed E-state index contributed by atoms with van der Waals surface area (Å²) in [6.45, 7) is 20.4. The molecule has 0 spiro atoms. The molecule has 124 valence electrons. The van der Waals surface area contributed by atoms with Gasteiger partial charge in [0.2, 0.25) is 0 Å². The Labute approximate surface area is 137 Å². The molecule has 0 N–H and O–H groups in total. The van der Waals surface area contributed by atoms with E-state index in [1.165, 1.54) is 16.7 Å². The molecule has 0 aliphatic heterocycles. The third kappa shape index (κ3) is 3.56. The van der Waals surface area contributed by atoms with Crippen LogP contribution in [0, 0.1) is 5.41 Å². The molecule has 1 aromatic rings. The summed E-state index contributed by atoms with van der Waals surface area (Å²) < 4.78 is 5.83. The quantitative estimate of drug-likeness (QED) is 0.632. The molecule has 0 heterocycles. The minimum atomic E-state index is 0.00986. The Morgan fingerprint density at radius 3 is 1.82 bits per heavy atom. The number of rotatable bonds is 3. The van der Waals surface area contributed by atoms with E-state index in [2.05, 4.69) is 86.6 Å². The van der Waals surface area contributed by atoms with Crippen molar-refractivity contribution in [1.82, 2.24) is 0 Å². The molecule has 0 aliphatic carbocycles. The number of allylic oxidation sites excluding steroid dienone is 1.